The lowest BCUT2D eigenvalue weighted by atomic mass is 9.78. The zero-order valence-electron chi connectivity index (χ0n) is 11.2. The fraction of sp³-hybridized carbons (Fsp3) is 0.333. The molecule has 0 unspecified atom stereocenters. The first kappa shape index (κ1) is 12.9. The third-order valence-corrected chi connectivity index (χ3v) is 4.93. The maximum atomic E-state index is 12.4. The summed E-state index contributed by atoms with van der Waals surface area (Å²) < 4.78 is 0. The lowest BCUT2D eigenvalue weighted by Gasteiger charge is -2.37. The first-order valence-corrected chi connectivity index (χ1v) is 7.46. The number of nitrogens with zero attached hydrogens (tertiary/aromatic N) is 2. The number of carbonyl (C=O) groups excluding carboxylic acids is 1. The van der Waals surface area contributed by atoms with E-state index in [1.165, 1.54) is 0 Å². The molecular formula is C15H15N3OS. The van der Waals surface area contributed by atoms with Crippen molar-refractivity contribution in [2.45, 2.75) is 25.2 Å². The lowest BCUT2D eigenvalue weighted by molar-refractivity contribution is -0.116. The minimum Gasteiger partial charge on any atom is -0.384 e. The molecule has 1 aliphatic heterocycles. The van der Waals surface area contributed by atoms with E-state index in [2.05, 4.69) is 6.07 Å². The average molecular weight is 285 g/mol. The molecule has 0 radical (unpaired) electrons. The van der Waals surface area contributed by atoms with Gasteiger partial charge in [0.15, 0.2) is 5.78 Å². The van der Waals surface area contributed by atoms with Gasteiger partial charge in [-0.3, -0.25) is 4.79 Å². The number of rotatable bonds is 1. The number of thiophene rings is 1. The molecule has 0 aromatic carbocycles. The van der Waals surface area contributed by atoms with Crippen LogP contribution in [0.15, 0.2) is 40.2 Å². The maximum absolute atomic E-state index is 12.4. The largest absolute Gasteiger partial charge is 0.384 e. The van der Waals surface area contributed by atoms with E-state index in [1.54, 1.807) is 11.3 Å². The molecule has 2 N–H and O–H groups in total. The van der Waals surface area contributed by atoms with Crippen molar-refractivity contribution in [1.29, 1.82) is 5.26 Å². The molecule has 20 heavy (non-hydrogen) atoms. The summed E-state index contributed by atoms with van der Waals surface area (Å²) in [4.78, 5) is 15.2. The second-order valence-corrected chi connectivity index (χ2v) is 6.03. The Kier molecular flexibility index (Phi) is 3.11. The number of hydrogen-bond donors (Lipinski definition) is 1. The topological polar surface area (TPSA) is 70.1 Å². The van der Waals surface area contributed by atoms with Crippen LogP contribution in [0.5, 0.6) is 0 Å². The van der Waals surface area contributed by atoms with Gasteiger partial charge in [0.2, 0.25) is 0 Å². The first-order chi connectivity index (χ1) is 9.65. The summed E-state index contributed by atoms with van der Waals surface area (Å²) in [6.45, 7) is 0. The summed E-state index contributed by atoms with van der Waals surface area (Å²) >= 11 is 1.56. The summed E-state index contributed by atoms with van der Waals surface area (Å²) in [7, 11) is 1.84. The van der Waals surface area contributed by atoms with Crippen LogP contribution in [0.25, 0.3) is 0 Å². The third kappa shape index (κ3) is 1.76. The van der Waals surface area contributed by atoms with Gasteiger partial charge in [0.05, 0.1) is 17.6 Å². The molecule has 0 amide bonds. The van der Waals surface area contributed by atoms with Crippen molar-refractivity contribution in [1.82, 2.24) is 4.90 Å². The molecule has 5 heteroatoms. The van der Waals surface area contributed by atoms with Crippen LogP contribution in [0.4, 0.5) is 0 Å². The average Bonchev–Trinajstić information content (AvgIpc) is 2.96. The number of ketones is 1. The van der Waals surface area contributed by atoms with Crippen LogP contribution < -0.4 is 5.73 Å². The van der Waals surface area contributed by atoms with Gasteiger partial charge < -0.3 is 10.6 Å². The summed E-state index contributed by atoms with van der Waals surface area (Å²) in [5, 5.41) is 11.4. The predicted octanol–water partition coefficient (Wildman–Crippen LogP) is 2.48. The fourth-order valence-electron chi connectivity index (χ4n) is 3.00. The Morgan fingerprint density at radius 3 is 2.95 bits per heavy atom. The van der Waals surface area contributed by atoms with Crippen molar-refractivity contribution in [2.24, 2.45) is 5.73 Å². The van der Waals surface area contributed by atoms with Gasteiger partial charge in [0.1, 0.15) is 5.82 Å². The van der Waals surface area contributed by atoms with E-state index in [1.807, 2.05) is 29.5 Å². The van der Waals surface area contributed by atoms with Crippen molar-refractivity contribution in [3.63, 3.8) is 0 Å². The number of carbonyl (C=O) groups is 1. The number of allylic oxidation sites excluding steroid dienone is 3. The zero-order valence-corrected chi connectivity index (χ0v) is 12.0. The Morgan fingerprint density at radius 2 is 2.30 bits per heavy atom. The van der Waals surface area contributed by atoms with Crippen LogP contribution in [-0.2, 0) is 4.79 Å². The zero-order chi connectivity index (χ0) is 14.3. The highest BCUT2D eigenvalue weighted by molar-refractivity contribution is 7.10. The van der Waals surface area contributed by atoms with E-state index >= 15 is 0 Å². The molecule has 1 aromatic heterocycles. The van der Waals surface area contributed by atoms with Gasteiger partial charge in [0.25, 0.3) is 0 Å². The quantitative estimate of drug-likeness (QED) is 0.860. The monoisotopic (exact) mass is 285 g/mol. The minimum atomic E-state index is -0.279. The fourth-order valence-corrected chi connectivity index (χ4v) is 3.85. The Labute approximate surface area is 121 Å². The van der Waals surface area contributed by atoms with E-state index in [0.717, 1.165) is 29.0 Å². The van der Waals surface area contributed by atoms with Gasteiger partial charge in [0, 0.05) is 29.6 Å². The molecule has 0 bridgehead atoms. The highest BCUT2D eigenvalue weighted by Gasteiger charge is 2.38. The molecule has 0 saturated carbocycles. The second-order valence-electron chi connectivity index (χ2n) is 5.06. The van der Waals surface area contributed by atoms with Gasteiger partial charge in [-0.25, -0.2) is 0 Å². The number of nitriles is 1. The molecule has 2 aliphatic rings. The third-order valence-electron chi connectivity index (χ3n) is 4.00. The molecule has 0 spiro atoms. The van der Waals surface area contributed by atoms with Crippen molar-refractivity contribution in [2.75, 3.05) is 7.05 Å². The van der Waals surface area contributed by atoms with E-state index in [-0.39, 0.29) is 11.7 Å². The molecule has 102 valence electrons. The Hall–Kier alpha value is -2.06. The van der Waals surface area contributed by atoms with Gasteiger partial charge in [-0.15, -0.1) is 11.3 Å². The molecule has 1 atom stereocenters. The van der Waals surface area contributed by atoms with Gasteiger partial charge in [-0.05, 0) is 24.3 Å². The maximum Gasteiger partial charge on any atom is 0.161 e. The normalized spacial score (nSPS) is 22.9. The molecule has 4 nitrogen and oxygen atoms in total. The first-order valence-electron chi connectivity index (χ1n) is 6.58. The van der Waals surface area contributed by atoms with Crippen LogP contribution >= 0.6 is 11.3 Å². The van der Waals surface area contributed by atoms with Crippen LogP contribution in [0.3, 0.4) is 0 Å². The van der Waals surface area contributed by atoms with Gasteiger partial charge in [-0.2, -0.15) is 5.26 Å². The Bertz CT molecular complexity index is 664. The number of nitrogens with two attached hydrogens (primary N) is 1. The summed E-state index contributed by atoms with van der Waals surface area (Å²) in [5.74, 6) is 0.343. The molecule has 2 heterocycles. The van der Waals surface area contributed by atoms with Crippen LogP contribution in [-0.4, -0.2) is 17.7 Å². The molecule has 1 aromatic rings. The number of Topliss-reactive ketones (excluding diaryl/α,β-unsaturated/α-hetero) is 1. The van der Waals surface area contributed by atoms with Crippen molar-refractivity contribution in [3.05, 3.63) is 45.1 Å². The SMILES string of the molecule is CN1C(N)=C(C#N)[C@H](c2cccs2)C2=C1CCCC2=O. The molecule has 0 saturated heterocycles. The van der Waals surface area contributed by atoms with Crippen molar-refractivity contribution >= 4 is 17.1 Å². The highest BCUT2D eigenvalue weighted by atomic mass is 32.1. The predicted molar refractivity (Wildman–Crippen MR) is 77.5 cm³/mol. The van der Waals surface area contributed by atoms with E-state index in [9.17, 15) is 10.1 Å². The smallest absolute Gasteiger partial charge is 0.161 e. The molecular weight excluding hydrogens is 270 g/mol. The lowest BCUT2D eigenvalue weighted by Crippen LogP contribution is -2.36. The number of hydrogen-bond acceptors (Lipinski definition) is 5. The minimum absolute atomic E-state index is 0.150. The second kappa shape index (κ2) is 4.80. The summed E-state index contributed by atoms with van der Waals surface area (Å²) in [5.41, 5.74) is 8.37. The van der Waals surface area contributed by atoms with E-state index in [0.29, 0.717) is 17.8 Å². The molecule has 3 rings (SSSR count). The Morgan fingerprint density at radius 1 is 1.50 bits per heavy atom. The van der Waals surface area contributed by atoms with Crippen molar-refractivity contribution in [3.8, 4) is 6.07 Å². The van der Waals surface area contributed by atoms with Crippen LogP contribution in [0.1, 0.15) is 30.1 Å². The molecule has 0 fully saturated rings. The van der Waals surface area contributed by atoms with Crippen molar-refractivity contribution < 1.29 is 4.79 Å². The van der Waals surface area contributed by atoms with Gasteiger partial charge in [-0.1, -0.05) is 6.07 Å². The van der Waals surface area contributed by atoms with E-state index in [4.69, 9.17) is 5.73 Å². The van der Waals surface area contributed by atoms with E-state index < -0.39 is 0 Å². The standard InChI is InChI=1S/C15H15N3OS/c1-18-10-4-2-5-11(19)14(10)13(9(8-16)15(18)17)12-6-3-7-20-12/h3,6-7,13H,2,4-5,17H2,1H3/t13-/m1/s1. The van der Waals surface area contributed by atoms with Crippen LogP contribution in [0, 0.1) is 11.3 Å². The Balaban J connectivity index is 2.23. The highest BCUT2D eigenvalue weighted by Crippen LogP contribution is 2.45. The summed E-state index contributed by atoms with van der Waals surface area (Å²) in [6.07, 6.45) is 2.26. The van der Waals surface area contributed by atoms with Crippen LogP contribution in [0.2, 0.25) is 0 Å². The molecule has 1 aliphatic carbocycles. The van der Waals surface area contributed by atoms with Gasteiger partial charge >= 0.3 is 0 Å². The summed E-state index contributed by atoms with van der Waals surface area (Å²) in [6, 6.07) is 6.12.